The average Bonchev–Trinajstić information content (AvgIpc) is 3.64. The molecule has 5 aliphatic carbocycles. The van der Waals surface area contributed by atoms with E-state index in [4.69, 9.17) is 9.47 Å². The van der Waals surface area contributed by atoms with Crippen molar-refractivity contribution in [2.75, 3.05) is 20.2 Å². The maximum Gasteiger partial charge on any atom is 0.165 e. The van der Waals surface area contributed by atoms with Crippen LogP contribution in [-0.4, -0.2) is 53.1 Å². The number of aliphatic hydroxyl groups excluding tert-OH is 1. The third kappa shape index (κ3) is 2.27. The summed E-state index contributed by atoms with van der Waals surface area (Å²) >= 11 is 0. The van der Waals surface area contributed by atoms with Gasteiger partial charge in [-0.15, -0.1) is 0 Å². The molecule has 2 spiro atoms. The minimum Gasteiger partial charge on any atom is -0.504 e. The molecule has 5 heteroatoms. The molecule has 190 valence electrons. The third-order valence-electron chi connectivity index (χ3n) is 11.8. The Bertz CT molecular complexity index is 1240. The molecular formula is C31H37NO4. The van der Waals surface area contributed by atoms with Gasteiger partial charge in [0.2, 0.25) is 0 Å². The number of hydrogen-bond acceptors (Lipinski definition) is 5. The highest BCUT2D eigenvalue weighted by atomic mass is 16.6. The highest BCUT2D eigenvalue weighted by molar-refractivity contribution is 5.63. The van der Waals surface area contributed by atoms with Crippen molar-refractivity contribution in [3.63, 3.8) is 0 Å². The van der Waals surface area contributed by atoms with Crippen LogP contribution in [-0.2, 0) is 16.6 Å². The Morgan fingerprint density at radius 1 is 1.11 bits per heavy atom. The standard InChI is InChI=1S/C31H37NO4/c1-28(26(34)20-6-4-3-5-7-20)18-29-12-13-31(28,35-2)27-30(29)14-15-32(17-19-8-9-19)23(29)16-21-10-11-22(33)25(36-27)24(21)30/h3-7,10-11,19,23,26-27,33-34H,8-9,12-18H2,1-2H3/t23?,26-,27+,28?,29?,30+,31+/m1/s1. The van der Waals surface area contributed by atoms with E-state index in [1.54, 1.807) is 0 Å². The lowest BCUT2D eigenvalue weighted by atomic mass is 9.31. The Balaban J connectivity index is 1.37. The van der Waals surface area contributed by atoms with Gasteiger partial charge in [0, 0.05) is 41.5 Å². The molecule has 7 atom stereocenters. The number of fused-ring (bicyclic) bond motifs is 2. The number of methoxy groups -OCH3 is 1. The summed E-state index contributed by atoms with van der Waals surface area (Å²) in [6.07, 6.45) is 6.74. The zero-order valence-electron chi connectivity index (χ0n) is 21.4. The number of benzene rings is 2. The molecular weight excluding hydrogens is 450 g/mol. The van der Waals surface area contributed by atoms with Crippen LogP contribution in [0.25, 0.3) is 0 Å². The molecule has 0 aromatic heterocycles. The van der Waals surface area contributed by atoms with Gasteiger partial charge < -0.3 is 19.7 Å². The normalized spacial score (nSPS) is 42.6. The minimum absolute atomic E-state index is 0.0123. The number of likely N-dealkylation sites (tertiary alicyclic amines) is 1. The van der Waals surface area contributed by atoms with Gasteiger partial charge >= 0.3 is 0 Å². The topological polar surface area (TPSA) is 62.2 Å². The molecule has 2 N–H and O–H groups in total. The minimum atomic E-state index is -0.659. The fourth-order valence-corrected chi connectivity index (χ4v) is 10.2. The number of piperidine rings is 1. The zero-order valence-corrected chi connectivity index (χ0v) is 21.4. The molecule has 2 aromatic rings. The van der Waals surface area contributed by atoms with Crippen LogP contribution in [0.3, 0.4) is 0 Å². The lowest BCUT2D eigenvalue weighted by molar-refractivity contribution is -0.324. The van der Waals surface area contributed by atoms with Crippen LogP contribution in [0.15, 0.2) is 42.5 Å². The summed E-state index contributed by atoms with van der Waals surface area (Å²) in [5.74, 6) is 1.79. The monoisotopic (exact) mass is 487 g/mol. The van der Waals surface area contributed by atoms with Crippen molar-refractivity contribution >= 4 is 0 Å². The molecule has 0 amide bonds. The van der Waals surface area contributed by atoms with Crippen molar-refractivity contribution in [1.29, 1.82) is 0 Å². The largest absolute Gasteiger partial charge is 0.504 e. The van der Waals surface area contributed by atoms with Gasteiger partial charge in [-0.1, -0.05) is 43.3 Å². The van der Waals surface area contributed by atoms with Crippen molar-refractivity contribution in [3.05, 3.63) is 59.2 Å². The molecule has 4 saturated carbocycles. The first-order chi connectivity index (χ1) is 17.4. The van der Waals surface area contributed by atoms with Crippen molar-refractivity contribution < 1.29 is 19.7 Å². The van der Waals surface area contributed by atoms with Crippen LogP contribution in [0.5, 0.6) is 11.5 Å². The van der Waals surface area contributed by atoms with Gasteiger partial charge in [0.25, 0.3) is 0 Å². The highest BCUT2D eigenvalue weighted by Crippen LogP contribution is 2.80. The second-order valence-electron chi connectivity index (χ2n) is 13.0. The summed E-state index contributed by atoms with van der Waals surface area (Å²) < 4.78 is 13.6. The first-order valence-corrected chi connectivity index (χ1v) is 13.9. The maximum atomic E-state index is 12.1. The van der Waals surface area contributed by atoms with E-state index < -0.39 is 17.1 Å². The molecule has 9 rings (SSSR count). The predicted octanol–water partition coefficient (Wildman–Crippen LogP) is 4.74. The Morgan fingerprint density at radius 3 is 2.67 bits per heavy atom. The molecule has 7 aliphatic rings. The van der Waals surface area contributed by atoms with E-state index >= 15 is 0 Å². The Kier molecular flexibility index (Phi) is 4.18. The lowest BCUT2D eigenvalue weighted by Crippen LogP contribution is -2.83. The van der Waals surface area contributed by atoms with Gasteiger partial charge in [-0.05, 0) is 74.6 Å². The summed E-state index contributed by atoms with van der Waals surface area (Å²) in [6, 6.07) is 14.5. The van der Waals surface area contributed by atoms with Crippen molar-refractivity contribution in [2.24, 2.45) is 16.7 Å². The predicted molar refractivity (Wildman–Crippen MR) is 136 cm³/mol. The van der Waals surface area contributed by atoms with Gasteiger partial charge in [-0.2, -0.15) is 0 Å². The zero-order chi connectivity index (χ0) is 24.5. The Morgan fingerprint density at radius 2 is 1.92 bits per heavy atom. The Hall–Kier alpha value is -2.08. The summed E-state index contributed by atoms with van der Waals surface area (Å²) in [5.41, 5.74) is 2.21. The van der Waals surface area contributed by atoms with Gasteiger partial charge in [-0.25, -0.2) is 0 Å². The summed E-state index contributed by atoms with van der Waals surface area (Å²) in [7, 11) is 1.82. The van der Waals surface area contributed by atoms with Crippen molar-refractivity contribution in [1.82, 2.24) is 4.90 Å². The SMILES string of the molecule is CO[C@]12CCC3(CC1(C)[C@H](O)c1ccccc1)C1Cc4ccc(O)c5c4[C@@]3(CCN1CC1CC1)[C@@H]2O5. The first kappa shape index (κ1) is 22.0. The van der Waals surface area contributed by atoms with Crippen LogP contribution in [0.1, 0.15) is 68.2 Å². The lowest BCUT2D eigenvalue weighted by Gasteiger charge is -2.76. The van der Waals surface area contributed by atoms with E-state index in [9.17, 15) is 10.2 Å². The first-order valence-electron chi connectivity index (χ1n) is 13.9. The molecule has 2 aliphatic heterocycles. The second-order valence-corrected chi connectivity index (χ2v) is 13.0. The number of phenols is 1. The second kappa shape index (κ2) is 6.86. The number of nitrogens with zero attached hydrogens (tertiary/aromatic N) is 1. The molecule has 3 unspecified atom stereocenters. The number of aromatic hydroxyl groups is 1. The van der Waals surface area contributed by atoms with E-state index in [2.05, 4.69) is 17.9 Å². The van der Waals surface area contributed by atoms with E-state index in [1.807, 2.05) is 43.5 Å². The Labute approximate surface area is 213 Å². The number of rotatable bonds is 5. The molecule has 1 saturated heterocycles. The molecule has 2 heterocycles. The van der Waals surface area contributed by atoms with Gasteiger partial charge in [-0.3, -0.25) is 4.90 Å². The van der Waals surface area contributed by atoms with Crippen molar-refractivity contribution in [2.45, 2.75) is 81.1 Å². The van der Waals surface area contributed by atoms with Crippen LogP contribution < -0.4 is 4.74 Å². The molecule has 5 fully saturated rings. The van der Waals surface area contributed by atoms with Gasteiger partial charge in [0.15, 0.2) is 11.5 Å². The molecule has 4 bridgehead atoms. The number of aliphatic hydroxyl groups is 1. The molecule has 5 nitrogen and oxygen atoms in total. The van der Waals surface area contributed by atoms with E-state index in [-0.39, 0.29) is 22.7 Å². The fourth-order valence-electron chi connectivity index (χ4n) is 10.2. The van der Waals surface area contributed by atoms with Gasteiger partial charge in [0.1, 0.15) is 11.7 Å². The fraction of sp³-hybridized carbons (Fsp3) is 0.613. The highest BCUT2D eigenvalue weighted by Gasteiger charge is 2.84. The summed E-state index contributed by atoms with van der Waals surface area (Å²) in [6.45, 7) is 4.53. The summed E-state index contributed by atoms with van der Waals surface area (Å²) in [5, 5.41) is 23.1. The van der Waals surface area contributed by atoms with Crippen LogP contribution in [0, 0.1) is 16.7 Å². The van der Waals surface area contributed by atoms with E-state index in [0.717, 1.165) is 50.1 Å². The number of ether oxygens (including phenoxy) is 2. The van der Waals surface area contributed by atoms with Gasteiger partial charge in [0.05, 0.1) is 6.10 Å². The smallest absolute Gasteiger partial charge is 0.165 e. The molecule has 36 heavy (non-hydrogen) atoms. The number of phenolic OH excluding ortho intramolecular Hbond substituents is 1. The van der Waals surface area contributed by atoms with Crippen LogP contribution in [0.2, 0.25) is 0 Å². The molecule has 0 radical (unpaired) electrons. The average molecular weight is 488 g/mol. The third-order valence-corrected chi connectivity index (χ3v) is 11.8. The van der Waals surface area contributed by atoms with E-state index in [0.29, 0.717) is 11.8 Å². The van der Waals surface area contributed by atoms with Crippen LogP contribution in [0.4, 0.5) is 0 Å². The van der Waals surface area contributed by atoms with E-state index in [1.165, 1.54) is 30.5 Å². The maximum absolute atomic E-state index is 12.1. The summed E-state index contributed by atoms with van der Waals surface area (Å²) in [4.78, 5) is 2.81. The van der Waals surface area contributed by atoms with Crippen molar-refractivity contribution in [3.8, 4) is 11.5 Å². The number of hydrogen-bond donors (Lipinski definition) is 2. The quantitative estimate of drug-likeness (QED) is 0.638. The van der Waals surface area contributed by atoms with Crippen LogP contribution >= 0.6 is 0 Å². The molecule has 2 aromatic carbocycles.